The minimum absolute atomic E-state index is 0.0522. The number of carbonyl (C=O) groups excluding carboxylic acids is 1. The van der Waals surface area contributed by atoms with E-state index in [2.05, 4.69) is 15.3 Å². The van der Waals surface area contributed by atoms with Crippen molar-refractivity contribution in [2.24, 2.45) is 0 Å². The van der Waals surface area contributed by atoms with Crippen LogP contribution in [0.1, 0.15) is 5.56 Å². The molecule has 9 heteroatoms. The summed E-state index contributed by atoms with van der Waals surface area (Å²) < 4.78 is 11.7. The van der Waals surface area contributed by atoms with Crippen LogP contribution in [-0.2, 0) is 4.79 Å². The molecule has 1 aromatic carbocycles. The average Bonchev–Trinajstić information content (AvgIpc) is 2.66. The van der Waals surface area contributed by atoms with E-state index in [4.69, 9.17) is 9.47 Å². The summed E-state index contributed by atoms with van der Waals surface area (Å²) in [6.07, 6.45) is 1.63. The highest BCUT2D eigenvalue weighted by atomic mass is 32.2. The van der Waals surface area contributed by atoms with Crippen LogP contribution >= 0.6 is 11.8 Å². The number of aryl methyl sites for hydroxylation is 1. The number of hydrogen-bond acceptors (Lipinski definition) is 7. The summed E-state index contributed by atoms with van der Waals surface area (Å²) in [7, 11) is 3.06. The summed E-state index contributed by atoms with van der Waals surface area (Å²) in [5.74, 6) is 0.899. The van der Waals surface area contributed by atoms with E-state index >= 15 is 0 Å². The molecule has 140 valence electrons. The largest absolute Gasteiger partial charge is 0.497 e. The minimum Gasteiger partial charge on any atom is -0.497 e. The molecule has 0 atom stereocenters. The van der Waals surface area contributed by atoms with E-state index in [1.807, 2.05) is 6.92 Å². The third-order valence-electron chi connectivity index (χ3n) is 3.71. The summed E-state index contributed by atoms with van der Waals surface area (Å²) >= 11 is 1.09. The molecule has 0 fully saturated rings. The number of anilines is 1. The zero-order valence-electron chi connectivity index (χ0n) is 15.1. The number of aromatic nitrogens is 3. The van der Waals surface area contributed by atoms with E-state index < -0.39 is 5.69 Å². The molecule has 0 saturated carbocycles. The maximum absolute atomic E-state index is 12.3. The highest BCUT2D eigenvalue weighted by molar-refractivity contribution is 7.99. The van der Waals surface area contributed by atoms with Crippen molar-refractivity contribution >= 4 is 29.0 Å². The number of ether oxygens (including phenoxy) is 2. The molecule has 2 aromatic heterocycles. The van der Waals surface area contributed by atoms with Crippen molar-refractivity contribution < 1.29 is 14.3 Å². The van der Waals surface area contributed by atoms with Crippen molar-refractivity contribution in [3.8, 4) is 11.5 Å². The lowest BCUT2D eigenvalue weighted by Crippen LogP contribution is -2.20. The van der Waals surface area contributed by atoms with Crippen LogP contribution in [0.15, 0.2) is 46.5 Å². The molecule has 2 heterocycles. The maximum Gasteiger partial charge on any atom is 0.355 e. The van der Waals surface area contributed by atoms with Crippen molar-refractivity contribution in [1.82, 2.24) is 14.4 Å². The fourth-order valence-electron chi connectivity index (χ4n) is 2.38. The highest BCUT2D eigenvalue weighted by Gasteiger charge is 2.11. The van der Waals surface area contributed by atoms with Gasteiger partial charge in [-0.3, -0.25) is 9.20 Å². The molecule has 1 N–H and O–H groups in total. The molecule has 0 spiro atoms. The Morgan fingerprint density at radius 3 is 2.74 bits per heavy atom. The quantitative estimate of drug-likeness (QED) is 0.649. The summed E-state index contributed by atoms with van der Waals surface area (Å²) in [4.78, 5) is 32.5. The summed E-state index contributed by atoms with van der Waals surface area (Å²) in [5.41, 5.74) is 1.57. The van der Waals surface area contributed by atoms with E-state index in [0.29, 0.717) is 22.8 Å². The Kier molecular flexibility index (Phi) is 5.60. The van der Waals surface area contributed by atoms with Crippen molar-refractivity contribution in [2.45, 2.75) is 12.1 Å². The number of rotatable bonds is 6. The predicted molar refractivity (Wildman–Crippen MR) is 103 cm³/mol. The lowest BCUT2D eigenvalue weighted by molar-refractivity contribution is -0.113. The number of hydrogen-bond donors (Lipinski definition) is 1. The highest BCUT2D eigenvalue weighted by Crippen LogP contribution is 2.29. The third-order valence-corrected chi connectivity index (χ3v) is 4.56. The third kappa shape index (κ3) is 4.37. The second kappa shape index (κ2) is 8.09. The standard InChI is InChI=1S/C18H18N4O4S/c1-11-6-7-22-15(8-11)20-17(21-18(22)24)27-10-16(23)19-13-5-4-12(25-2)9-14(13)26-3/h4-9H,10H2,1-3H3,(H,19,23). The maximum atomic E-state index is 12.3. The van der Waals surface area contributed by atoms with Crippen LogP contribution in [0.3, 0.4) is 0 Å². The normalized spacial score (nSPS) is 10.6. The van der Waals surface area contributed by atoms with Gasteiger partial charge in [-0.05, 0) is 36.8 Å². The molecule has 0 saturated heterocycles. The molecule has 0 aliphatic rings. The Labute approximate surface area is 159 Å². The number of thioether (sulfide) groups is 1. The molecule has 0 bridgehead atoms. The Balaban J connectivity index is 1.71. The van der Waals surface area contributed by atoms with Crippen LogP contribution in [0.4, 0.5) is 5.69 Å². The fraction of sp³-hybridized carbons (Fsp3) is 0.222. The lowest BCUT2D eigenvalue weighted by atomic mass is 10.2. The summed E-state index contributed by atoms with van der Waals surface area (Å²) in [5, 5.41) is 3.02. The van der Waals surface area contributed by atoms with E-state index in [9.17, 15) is 9.59 Å². The molecule has 3 rings (SSSR count). The van der Waals surface area contributed by atoms with Crippen molar-refractivity contribution in [2.75, 3.05) is 25.3 Å². The topological polar surface area (TPSA) is 94.8 Å². The van der Waals surface area contributed by atoms with Gasteiger partial charge in [0.05, 0.1) is 25.7 Å². The van der Waals surface area contributed by atoms with Gasteiger partial charge in [0.15, 0.2) is 5.16 Å². The van der Waals surface area contributed by atoms with Crippen molar-refractivity contribution in [3.63, 3.8) is 0 Å². The molecular formula is C18H18N4O4S. The number of nitrogens with zero attached hydrogens (tertiary/aromatic N) is 3. The van der Waals surface area contributed by atoms with Gasteiger partial charge in [-0.15, -0.1) is 0 Å². The Bertz CT molecular complexity index is 1050. The Morgan fingerprint density at radius 2 is 2.00 bits per heavy atom. The molecule has 0 aliphatic carbocycles. The second-order valence-electron chi connectivity index (χ2n) is 5.62. The smallest absolute Gasteiger partial charge is 0.355 e. The predicted octanol–water partition coefficient (Wildman–Crippen LogP) is 2.15. The molecule has 1 amide bonds. The van der Waals surface area contributed by atoms with Gasteiger partial charge in [0, 0.05) is 12.3 Å². The minimum atomic E-state index is -0.431. The SMILES string of the molecule is COc1ccc(NC(=O)CSc2nc(=O)n3ccc(C)cc3n2)c(OC)c1. The number of fused-ring (bicyclic) bond motifs is 1. The fourth-order valence-corrected chi connectivity index (χ4v) is 3.01. The van der Waals surface area contributed by atoms with Gasteiger partial charge in [-0.25, -0.2) is 9.78 Å². The first-order valence-electron chi connectivity index (χ1n) is 8.02. The molecule has 0 radical (unpaired) electrons. The van der Waals surface area contributed by atoms with E-state index in [1.165, 1.54) is 11.5 Å². The number of methoxy groups -OCH3 is 2. The number of pyridine rings is 1. The monoisotopic (exact) mass is 386 g/mol. The van der Waals surface area contributed by atoms with Crippen LogP contribution in [0.2, 0.25) is 0 Å². The average molecular weight is 386 g/mol. The van der Waals surface area contributed by atoms with Crippen LogP contribution < -0.4 is 20.5 Å². The number of amides is 1. The Hall–Kier alpha value is -3.07. The summed E-state index contributed by atoms with van der Waals surface area (Å²) in [6.45, 7) is 1.91. The molecule has 27 heavy (non-hydrogen) atoms. The van der Waals surface area contributed by atoms with Gasteiger partial charge in [-0.1, -0.05) is 11.8 Å². The molecule has 3 aromatic rings. The first-order valence-corrected chi connectivity index (χ1v) is 9.00. The molecule has 0 unspecified atom stereocenters. The van der Waals surface area contributed by atoms with Crippen LogP contribution in [0.25, 0.3) is 5.65 Å². The second-order valence-corrected chi connectivity index (χ2v) is 6.57. The van der Waals surface area contributed by atoms with Crippen LogP contribution in [-0.4, -0.2) is 40.2 Å². The zero-order chi connectivity index (χ0) is 19.4. The van der Waals surface area contributed by atoms with E-state index in [1.54, 1.807) is 43.6 Å². The van der Waals surface area contributed by atoms with Crippen molar-refractivity contribution in [3.05, 3.63) is 52.6 Å². The van der Waals surface area contributed by atoms with Crippen molar-refractivity contribution in [1.29, 1.82) is 0 Å². The number of carbonyl (C=O) groups is 1. The lowest BCUT2D eigenvalue weighted by Gasteiger charge is -2.11. The van der Waals surface area contributed by atoms with Gasteiger partial charge in [0.2, 0.25) is 5.91 Å². The molecule has 8 nitrogen and oxygen atoms in total. The van der Waals surface area contributed by atoms with Crippen LogP contribution in [0, 0.1) is 6.92 Å². The molecular weight excluding hydrogens is 368 g/mol. The Morgan fingerprint density at radius 1 is 1.19 bits per heavy atom. The van der Waals surface area contributed by atoms with Gasteiger partial charge in [-0.2, -0.15) is 4.98 Å². The molecule has 0 aliphatic heterocycles. The van der Waals surface area contributed by atoms with E-state index in [-0.39, 0.29) is 16.8 Å². The van der Waals surface area contributed by atoms with E-state index in [0.717, 1.165) is 17.3 Å². The number of nitrogens with one attached hydrogen (secondary N) is 1. The first-order chi connectivity index (χ1) is 13.0. The zero-order valence-corrected chi connectivity index (χ0v) is 15.9. The van der Waals surface area contributed by atoms with Gasteiger partial charge >= 0.3 is 5.69 Å². The number of benzene rings is 1. The first kappa shape index (κ1) is 18.7. The summed E-state index contributed by atoms with van der Waals surface area (Å²) in [6, 6.07) is 8.69. The van der Waals surface area contributed by atoms with Gasteiger partial charge in [0.25, 0.3) is 0 Å². The van der Waals surface area contributed by atoms with Crippen LogP contribution in [0.5, 0.6) is 11.5 Å². The van der Waals surface area contributed by atoms with Gasteiger partial charge in [0.1, 0.15) is 17.1 Å². The van der Waals surface area contributed by atoms with Gasteiger partial charge < -0.3 is 14.8 Å².